The van der Waals surface area contributed by atoms with E-state index in [-0.39, 0.29) is 22.7 Å². The molecule has 0 saturated carbocycles. The summed E-state index contributed by atoms with van der Waals surface area (Å²) in [6.45, 7) is 5.10. The minimum absolute atomic E-state index is 0.00770. The van der Waals surface area contributed by atoms with Crippen LogP contribution >= 0.6 is 0 Å². The number of carbonyl (C=O) groups is 2. The van der Waals surface area contributed by atoms with Gasteiger partial charge in [-0.3, -0.25) is 14.4 Å². The van der Waals surface area contributed by atoms with Crippen molar-refractivity contribution in [3.8, 4) is 0 Å². The Kier molecular flexibility index (Phi) is 5.79. The van der Waals surface area contributed by atoms with Crippen LogP contribution < -0.4 is 11.3 Å². The summed E-state index contributed by atoms with van der Waals surface area (Å²) in [5.41, 5.74) is 7.23. The van der Waals surface area contributed by atoms with E-state index in [0.29, 0.717) is 50.2 Å². The topological polar surface area (TPSA) is 96.3 Å². The number of nitrogens with one attached hydrogen (secondary N) is 1. The molecule has 1 heterocycles. The molecule has 1 aliphatic carbocycles. The maximum atomic E-state index is 13.0. The molecule has 148 valence electrons. The molecular formula is C22H27N3O3. The van der Waals surface area contributed by atoms with E-state index < -0.39 is 5.56 Å². The molecule has 6 heteroatoms. The van der Waals surface area contributed by atoms with Crippen molar-refractivity contribution in [2.24, 2.45) is 11.1 Å². The van der Waals surface area contributed by atoms with E-state index in [1.165, 1.54) is 6.07 Å². The van der Waals surface area contributed by atoms with Crippen molar-refractivity contribution in [1.82, 2.24) is 9.88 Å². The highest BCUT2D eigenvalue weighted by atomic mass is 16.2. The molecule has 3 N–H and O–H groups in total. The maximum absolute atomic E-state index is 13.0. The Bertz CT molecular complexity index is 932. The Hall–Kier alpha value is -2.73. The van der Waals surface area contributed by atoms with Crippen LogP contribution in [-0.2, 0) is 12.8 Å². The van der Waals surface area contributed by atoms with E-state index in [4.69, 9.17) is 5.73 Å². The number of H-pyrrole nitrogens is 1. The Balaban J connectivity index is 1.86. The second kappa shape index (κ2) is 8.10. The highest BCUT2D eigenvalue weighted by Crippen LogP contribution is 2.33. The Morgan fingerprint density at radius 2 is 1.86 bits per heavy atom. The first-order chi connectivity index (χ1) is 13.3. The van der Waals surface area contributed by atoms with Crippen LogP contribution in [0.15, 0.2) is 41.2 Å². The molecule has 0 bridgehead atoms. The van der Waals surface area contributed by atoms with Gasteiger partial charge in [-0.15, -0.1) is 0 Å². The van der Waals surface area contributed by atoms with Crippen molar-refractivity contribution in [2.45, 2.75) is 33.1 Å². The molecule has 28 heavy (non-hydrogen) atoms. The smallest absolute Gasteiger partial charge is 0.261 e. The molecule has 0 saturated heterocycles. The molecular weight excluding hydrogens is 354 g/mol. The van der Waals surface area contributed by atoms with Crippen LogP contribution in [0.1, 0.15) is 52.2 Å². The molecule has 0 unspecified atom stereocenters. The van der Waals surface area contributed by atoms with Gasteiger partial charge >= 0.3 is 0 Å². The molecule has 0 atom stereocenters. The molecule has 0 fully saturated rings. The van der Waals surface area contributed by atoms with Gasteiger partial charge in [0.15, 0.2) is 5.78 Å². The van der Waals surface area contributed by atoms with E-state index in [0.717, 1.165) is 5.56 Å². The fraction of sp³-hybridized carbons (Fsp3) is 0.409. The van der Waals surface area contributed by atoms with E-state index >= 15 is 0 Å². The summed E-state index contributed by atoms with van der Waals surface area (Å²) in [5.74, 6) is -0.422. The number of ketones is 1. The monoisotopic (exact) mass is 381 g/mol. The molecule has 1 aromatic heterocycles. The molecule has 1 aliphatic rings. The van der Waals surface area contributed by atoms with Crippen molar-refractivity contribution in [1.29, 1.82) is 0 Å². The van der Waals surface area contributed by atoms with E-state index in [1.54, 1.807) is 4.90 Å². The predicted octanol–water partition coefficient (Wildman–Crippen LogP) is 2.17. The Morgan fingerprint density at radius 1 is 1.14 bits per heavy atom. The number of benzene rings is 1. The second-order valence-electron chi connectivity index (χ2n) is 8.16. The van der Waals surface area contributed by atoms with Crippen molar-refractivity contribution in [3.63, 3.8) is 0 Å². The molecule has 6 nitrogen and oxygen atoms in total. The zero-order chi connectivity index (χ0) is 20.3. The second-order valence-corrected chi connectivity index (χ2v) is 8.16. The SMILES string of the molecule is CC1(C)CC(=O)c2cc(C(=O)N(CCN)CCc3ccccc3)c(=O)[nH]c2C1. The van der Waals surface area contributed by atoms with Gasteiger partial charge in [0.2, 0.25) is 0 Å². The number of nitrogens with two attached hydrogens (primary N) is 1. The Morgan fingerprint density at radius 3 is 2.54 bits per heavy atom. The highest BCUT2D eigenvalue weighted by molar-refractivity contribution is 6.02. The summed E-state index contributed by atoms with van der Waals surface area (Å²) in [4.78, 5) is 42.5. The Labute approximate surface area is 164 Å². The van der Waals surface area contributed by atoms with Gasteiger partial charge in [0.25, 0.3) is 11.5 Å². The zero-order valence-electron chi connectivity index (χ0n) is 16.5. The molecule has 1 amide bonds. The molecule has 2 aromatic rings. The molecule has 1 aromatic carbocycles. The van der Waals surface area contributed by atoms with Gasteiger partial charge < -0.3 is 15.6 Å². The standard InChI is InChI=1S/C22H27N3O3/c1-22(2)13-18-16(19(26)14-22)12-17(20(27)24-18)21(28)25(11-9-23)10-8-15-6-4-3-5-7-15/h3-7,12H,8-11,13-14,23H2,1-2H3,(H,24,27). The third kappa shape index (κ3) is 4.39. The first-order valence-electron chi connectivity index (χ1n) is 9.63. The summed E-state index contributed by atoms with van der Waals surface area (Å²) < 4.78 is 0. The lowest BCUT2D eigenvalue weighted by Crippen LogP contribution is -2.40. The number of amides is 1. The molecule has 0 aliphatic heterocycles. The number of hydrogen-bond acceptors (Lipinski definition) is 4. The first kappa shape index (κ1) is 20.0. The van der Waals surface area contributed by atoms with Crippen molar-refractivity contribution >= 4 is 11.7 Å². The summed E-state index contributed by atoms with van der Waals surface area (Å²) in [6.07, 6.45) is 1.68. The van der Waals surface area contributed by atoms with Gasteiger partial charge in [0, 0.05) is 37.3 Å². The normalized spacial score (nSPS) is 15.2. The number of nitrogens with zero attached hydrogens (tertiary/aromatic N) is 1. The number of aromatic nitrogens is 1. The summed E-state index contributed by atoms with van der Waals surface area (Å²) >= 11 is 0. The van der Waals surface area contributed by atoms with Gasteiger partial charge in [-0.05, 0) is 29.9 Å². The predicted molar refractivity (Wildman–Crippen MR) is 109 cm³/mol. The quantitative estimate of drug-likeness (QED) is 0.801. The number of hydrogen-bond donors (Lipinski definition) is 2. The van der Waals surface area contributed by atoms with Crippen LogP contribution in [-0.4, -0.2) is 41.2 Å². The average Bonchev–Trinajstić information content (AvgIpc) is 2.64. The van der Waals surface area contributed by atoms with E-state index in [2.05, 4.69) is 4.98 Å². The molecule has 0 radical (unpaired) electrons. The van der Waals surface area contributed by atoms with Crippen LogP contribution in [0.5, 0.6) is 0 Å². The zero-order valence-corrected chi connectivity index (χ0v) is 16.5. The van der Waals surface area contributed by atoms with Gasteiger partial charge in [0.05, 0.1) is 0 Å². The largest absolute Gasteiger partial charge is 0.337 e. The number of pyridine rings is 1. The van der Waals surface area contributed by atoms with Crippen molar-refractivity contribution < 1.29 is 9.59 Å². The van der Waals surface area contributed by atoms with E-state index in [1.807, 2.05) is 44.2 Å². The van der Waals surface area contributed by atoms with Gasteiger partial charge in [0.1, 0.15) is 5.56 Å². The number of Topliss-reactive ketones (excluding diaryl/α,β-unsaturated/α-hetero) is 1. The van der Waals surface area contributed by atoms with Crippen LogP contribution in [0, 0.1) is 5.41 Å². The van der Waals surface area contributed by atoms with Crippen LogP contribution in [0.4, 0.5) is 0 Å². The molecule has 0 spiro atoms. The molecule has 3 rings (SSSR count). The number of aromatic amines is 1. The third-order valence-electron chi connectivity index (χ3n) is 5.15. The fourth-order valence-corrected chi connectivity index (χ4v) is 3.74. The average molecular weight is 381 g/mol. The minimum atomic E-state index is -0.448. The third-order valence-corrected chi connectivity index (χ3v) is 5.15. The minimum Gasteiger partial charge on any atom is -0.337 e. The van der Waals surface area contributed by atoms with Crippen molar-refractivity contribution in [2.75, 3.05) is 19.6 Å². The summed E-state index contributed by atoms with van der Waals surface area (Å²) in [6, 6.07) is 11.3. The van der Waals surface area contributed by atoms with Gasteiger partial charge in [-0.1, -0.05) is 44.2 Å². The number of rotatable bonds is 6. The van der Waals surface area contributed by atoms with Crippen LogP contribution in [0.3, 0.4) is 0 Å². The lowest BCUT2D eigenvalue weighted by molar-refractivity contribution is 0.0760. The maximum Gasteiger partial charge on any atom is 0.261 e. The van der Waals surface area contributed by atoms with Gasteiger partial charge in [-0.25, -0.2) is 0 Å². The van der Waals surface area contributed by atoms with Crippen LogP contribution in [0.2, 0.25) is 0 Å². The first-order valence-corrected chi connectivity index (χ1v) is 9.63. The van der Waals surface area contributed by atoms with E-state index in [9.17, 15) is 14.4 Å². The summed E-state index contributed by atoms with van der Waals surface area (Å²) in [5, 5.41) is 0. The van der Waals surface area contributed by atoms with Crippen LogP contribution in [0.25, 0.3) is 0 Å². The lowest BCUT2D eigenvalue weighted by Gasteiger charge is -2.30. The van der Waals surface area contributed by atoms with Crippen molar-refractivity contribution in [3.05, 3.63) is 69.1 Å². The fourth-order valence-electron chi connectivity index (χ4n) is 3.74. The highest BCUT2D eigenvalue weighted by Gasteiger charge is 2.33. The number of fused-ring (bicyclic) bond motifs is 1. The summed E-state index contributed by atoms with van der Waals surface area (Å²) in [7, 11) is 0. The lowest BCUT2D eigenvalue weighted by atomic mass is 9.75. The van der Waals surface area contributed by atoms with Gasteiger partial charge in [-0.2, -0.15) is 0 Å². The number of carbonyl (C=O) groups excluding carboxylic acids is 2.